The molecule has 1 aliphatic heterocycles. The van der Waals surface area contributed by atoms with Gasteiger partial charge in [-0.05, 0) is 75.4 Å². The maximum atomic E-state index is 12.8. The molecule has 31 heavy (non-hydrogen) atoms. The second kappa shape index (κ2) is 10.6. The van der Waals surface area contributed by atoms with Crippen LogP contribution in [0.1, 0.15) is 70.9 Å². The van der Waals surface area contributed by atoms with Crippen molar-refractivity contribution in [3.05, 3.63) is 29.3 Å². The molecule has 1 heterocycles. The average Bonchev–Trinajstić information content (AvgIpc) is 2.72. The van der Waals surface area contributed by atoms with Crippen molar-refractivity contribution in [2.24, 2.45) is 5.92 Å². The Hall–Kier alpha value is -1.92. The van der Waals surface area contributed by atoms with Crippen molar-refractivity contribution < 1.29 is 19.4 Å². The minimum atomic E-state index is -1.13. The molecule has 1 aliphatic rings. The third-order valence-electron chi connectivity index (χ3n) is 7.16. The lowest BCUT2D eigenvalue weighted by atomic mass is 9.56. The number of benzene rings is 1. The highest BCUT2D eigenvalue weighted by Gasteiger charge is 2.58. The minimum absolute atomic E-state index is 0.0542. The van der Waals surface area contributed by atoms with Gasteiger partial charge in [-0.25, -0.2) is 0 Å². The predicted octanol–water partition coefficient (Wildman–Crippen LogP) is 3.58. The average molecular weight is 433 g/mol. The van der Waals surface area contributed by atoms with Crippen molar-refractivity contribution in [2.45, 2.75) is 83.8 Å². The maximum Gasteiger partial charge on any atom is 0.227 e. The topological polar surface area (TPSA) is 78.9 Å². The molecule has 0 spiro atoms. The Morgan fingerprint density at radius 2 is 2.13 bits per heavy atom. The normalized spacial score (nSPS) is 26.6. The quantitative estimate of drug-likeness (QED) is 0.553. The standard InChI is InChI=1S/C25H40N2O4/c1-7-11-25(30)20(5)27(13-10-18(2)3)14-12-24(25,16-23(29)26-17-28)22-15-21(31-6)9-8-19(22)4/h8-9,15,17-18,20,30H,7,10-14,16H2,1-6H3,(H,26,28,29). The molecule has 0 bridgehead atoms. The van der Waals surface area contributed by atoms with Crippen molar-refractivity contribution in [2.75, 3.05) is 20.2 Å². The first kappa shape index (κ1) is 25.3. The summed E-state index contributed by atoms with van der Waals surface area (Å²) in [6.07, 6.45) is 3.53. The highest BCUT2D eigenvalue weighted by atomic mass is 16.5. The molecular weight excluding hydrogens is 392 g/mol. The van der Waals surface area contributed by atoms with Crippen LogP contribution < -0.4 is 10.1 Å². The fraction of sp³-hybridized carbons (Fsp3) is 0.680. The largest absolute Gasteiger partial charge is 0.497 e. The van der Waals surface area contributed by atoms with Crippen LogP contribution in [0.25, 0.3) is 0 Å². The van der Waals surface area contributed by atoms with Gasteiger partial charge in [-0.3, -0.25) is 19.8 Å². The number of rotatable bonds is 10. The van der Waals surface area contributed by atoms with Crippen molar-refractivity contribution in [3.63, 3.8) is 0 Å². The van der Waals surface area contributed by atoms with Gasteiger partial charge in [0.05, 0.1) is 12.7 Å². The highest BCUT2D eigenvalue weighted by molar-refractivity contribution is 5.87. The molecule has 1 fully saturated rings. The van der Waals surface area contributed by atoms with E-state index in [9.17, 15) is 14.7 Å². The summed E-state index contributed by atoms with van der Waals surface area (Å²) < 4.78 is 5.49. The zero-order chi connectivity index (χ0) is 23.2. The Bertz CT molecular complexity index is 766. The van der Waals surface area contributed by atoms with Gasteiger partial charge in [0.1, 0.15) is 5.75 Å². The Morgan fingerprint density at radius 1 is 1.42 bits per heavy atom. The highest BCUT2D eigenvalue weighted by Crippen LogP contribution is 2.51. The molecule has 2 rings (SSSR count). The summed E-state index contributed by atoms with van der Waals surface area (Å²) in [4.78, 5) is 26.1. The van der Waals surface area contributed by atoms with Gasteiger partial charge in [0, 0.05) is 17.9 Å². The number of hydrogen-bond acceptors (Lipinski definition) is 5. The van der Waals surface area contributed by atoms with Gasteiger partial charge in [0.2, 0.25) is 12.3 Å². The first-order chi connectivity index (χ1) is 14.6. The molecule has 1 saturated heterocycles. The van der Waals surface area contributed by atoms with Crippen LogP contribution in [0.5, 0.6) is 5.75 Å². The first-order valence-corrected chi connectivity index (χ1v) is 11.5. The lowest BCUT2D eigenvalue weighted by Crippen LogP contribution is -2.68. The Kier molecular flexibility index (Phi) is 8.66. The maximum absolute atomic E-state index is 12.8. The SMILES string of the molecule is CCCC1(O)C(C)N(CCC(C)C)CCC1(CC(=O)NC=O)c1cc(OC)ccc1C. The van der Waals surface area contributed by atoms with Crippen LogP contribution in [0.3, 0.4) is 0 Å². The lowest BCUT2D eigenvalue weighted by Gasteiger charge is -2.58. The van der Waals surface area contributed by atoms with E-state index < -0.39 is 11.0 Å². The first-order valence-electron chi connectivity index (χ1n) is 11.5. The molecule has 6 heteroatoms. The van der Waals surface area contributed by atoms with E-state index in [0.29, 0.717) is 30.9 Å². The predicted molar refractivity (Wildman–Crippen MR) is 123 cm³/mol. The van der Waals surface area contributed by atoms with Crippen LogP contribution in [0.2, 0.25) is 0 Å². The summed E-state index contributed by atoms with van der Waals surface area (Å²) >= 11 is 0. The van der Waals surface area contributed by atoms with Gasteiger partial charge < -0.3 is 9.84 Å². The Labute approximate surface area is 187 Å². The number of carbonyl (C=O) groups excluding carboxylic acids is 2. The number of aryl methyl sites for hydroxylation is 1. The number of nitrogens with zero attached hydrogens (tertiary/aromatic N) is 1. The second-order valence-corrected chi connectivity index (χ2v) is 9.44. The summed E-state index contributed by atoms with van der Waals surface area (Å²) in [5.74, 6) is 0.913. The zero-order valence-electron chi connectivity index (χ0n) is 20.0. The summed E-state index contributed by atoms with van der Waals surface area (Å²) in [5.41, 5.74) is -0.00663. The van der Waals surface area contributed by atoms with Crippen LogP contribution in [-0.4, -0.2) is 54.2 Å². The molecule has 0 aliphatic carbocycles. The number of amides is 2. The summed E-state index contributed by atoms with van der Waals surface area (Å²) in [7, 11) is 1.62. The molecule has 0 radical (unpaired) electrons. The summed E-state index contributed by atoms with van der Waals surface area (Å²) in [6, 6.07) is 5.71. The van der Waals surface area contributed by atoms with Crippen LogP contribution in [-0.2, 0) is 15.0 Å². The molecular formula is C25H40N2O4. The van der Waals surface area contributed by atoms with E-state index in [4.69, 9.17) is 4.74 Å². The molecule has 2 N–H and O–H groups in total. The van der Waals surface area contributed by atoms with Crippen molar-refractivity contribution in [3.8, 4) is 5.75 Å². The Morgan fingerprint density at radius 3 is 2.71 bits per heavy atom. The van der Waals surface area contributed by atoms with E-state index in [1.165, 1.54) is 0 Å². The van der Waals surface area contributed by atoms with Crippen LogP contribution >= 0.6 is 0 Å². The number of methoxy groups -OCH3 is 1. The molecule has 1 aromatic rings. The molecule has 2 amide bonds. The van der Waals surface area contributed by atoms with Crippen molar-refractivity contribution in [1.29, 1.82) is 0 Å². The van der Waals surface area contributed by atoms with E-state index >= 15 is 0 Å². The number of ether oxygens (including phenoxy) is 1. The fourth-order valence-corrected chi connectivity index (χ4v) is 5.34. The van der Waals surface area contributed by atoms with Gasteiger partial charge >= 0.3 is 0 Å². The Balaban J connectivity index is 2.64. The van der Waals surface area contributed by atoms with Crippen molar-refractivity contribution in [1.82, 2.24) is 10.2 Å². The fourth-order valence-electron chi connectivity index (χ4n) is 5.34. The number of imide groups is 1. The van der Waals surface area contributed by atoms with Gasteiger partial charge in [0.15, 0.2) is 0 Å². The van der Waals surface area contributed by atoms with Gasteiger partial charge in [-0.15, -0.1) is 0 Å². The minimum Gasteiger partial charge on any atom is -0.497 e. The van der Waals surface area contributed by atoms with E-state index in [0.717, 1.165) is 37.1 Å². The number of nitrogens with one attached hydrogen (secondary N) is 1. The second-order valence-electron chi connectivity index (χ2n) is 9.44. The molecule has 174 valence electrons. The third-order valence-corrected chi connectivity index (χ3v) is 7.16. The number of piperidine rings is 1. The molecule has 0 saturated carbocycles. The molecule has 3 unspecified atom stereocenters. The van der Waals surface area contributed by atoms with E-state index in [2.05, 4.69) is 37.9 Å². The number of aliphatic hydroxyl groups is 1. The van der Waals surface area contributed by atoms with E-state index in [-0.39, 0.29) is 18.4 Å². The zero-order valence-corrected chi connectivity index (χ0v) is 20.0. The molecule has 0 aromatic heterocycles. The molecule has 3 atom stereocenters. The summed E-state index contributed by atoms with van der Waals surface area (Å²) in [5, 5.41) is 14.7. The van der Waals surface area contributed by atoms with Gasteiger partial charge in [-0.2, -0.15) is 0 Å². The van der Waals surface area contributed by atoms with Crippen LogP contribution in [0.15, 0.2) is 18.2 Å². The van der Waals surface area contributed by atoms with E-state index in [1.807, 2.05) is 25.1 Å². The number of likely N-dealkylation sites (tertiary alicyclic amines) is 1. The van der Waals surface area contributed by atoms with Gasteiger partial charge in [-0.1, -0.05) is 33.3 Å². The van der Waals surface area contributed by atoms with E-state index in [1.54, 1.807) is 7.11 Å². The monoisotopic (exact) mass is 432 g/mol. The van der Waals surface area contributed by atoms with Crippen LogP contribution in [0, 0.1) is 12.8 Å². The number of carbonyl (C=O) groups is 2. The van der Waals surface area contributed by atoms with Gasteiger partial charge in [0.25, 0.3) is 0 Å². The number of hydrogen-bond donors (Lipinski definition) is 2. The molecule has 6 nitrogen and oxygen atoms in total. The third kappa shape index (κ3) is 5.12. The summed E-state index contributed by atoms with van der Waals surface area (Å²) in [6.45, 7) is 12.3. The smallest absolute Gasteiger partial charge is 0.227 e. The molecule has 1 aromatic carbocycles. The van der Waals surface area contributed by atoms with Crippen molar-refractivity contribution >= 4 is 12.3 Å². The van der Waals surface area contributed by atoms with Crippen LogP contribution in [0.4, 0.5) is 0 Å². The lowest BCUT2D eigenvalue weighted by molar-refractivity contribution is -0.152.